The van der Waals surface area contributed by atoms with Crippen LogP contribution in [-0.2, 0) is 0 Å². The number of rotatable bonds is 2. The van der Waals surface area contributed by atoms with E-state index in [0.29, 0.717) is 4.74 Å². The SMILES string of the molecule is CC=[N+]([O-])CCO. The number of hydrogen-bond donors (Lipinski definition) is 1. The highest BCUT2D eigenvalue weighted by Gasteiger charge is 1.82. The molecule has 0 aromatic carbocycles. The van der Waals surface area contributed by atoms with Crippen LogP contribution < -0.4 is 0 Å². The van der Waals surface area contributed by atoms with Crippen LogP contribution in [0.5, 0.6) is 0 Å². The summed E-state index contributed by atoms with van der Waals surface area (Å²) in [6, 6.07) is 0. The fourth-order valence-corrected chi connectivity index (χ4v) is 0.228. The van der Waals surface area contributed by atoms with Crippen LogP contribution >= 0.6 is 0 Å². The summed E-state index contributed by atoms with van der Waals surface area (Å²) in [6.07, 6.45) is 1.37. The largest absolute Gasteiger partial charge is 0.624 e. The Labute approximate surface area is 42.5 Å². The first kappa shape index (κ1) is 6.43. The quantitative estimate of drug-likeness (QED) is 0.223. The van der Waals surface area contributed by atoms with E-state index in [1.165, 1.54) is 6.21 Å². The van der Waals surface area contributed by atoms with E-state index in [-0.39, 0.29) is 13.2 Å². The Bertz CT molecular complexity index is 70.1. The monoisotopic (exact) mass is 103 g/mol. The van der Waals surface area contributed by atoms with E-state index in [9.17, 15) is 5.21 Å². The third-order valence-electron chi connectivity index (χ3n) is 0.608. The van der Waals surface area contributed by atoms with E-state index in [1.54, 1.807) is 6.92 Å². The highest BCUT2D eigenvalue weighted by molar-refractivity contribution is 5.46. The third-order valence-corrected chi connectivity index (χ3v) is 0.608. The van der Waals surface area contributed by atoms with Gasteiger partial charge in [-0.25, -0.2) is 4.74 Å². The van der Waals surface area contributed by atoms with Crippen molar-refractivity contribution in [2.75, 3.05) is 13.2 Å². The number of aliphatic hydroxyl groups excluding tert-OH is 1. The summed E-state index contributed by atoms with van der Waals surface area (Å²) in [4.78, 5) is 0. The first-order valence-electron chi connectivity index (χ1n) is 2.15. The van der Waals surface area contributed by atoms with Gasteiger partial charge in [-0.1, -0.05) is 0 Å². The Balaban J connectivity index is 3.17. The number of hydrogen-bond acceptors (Lipinski definition) is 2. The predicted octanol–water partition coefficient (Wildman–Crippen LogP) is -0.420. The molecule has 0 aromatic heterocycles. The second-order valence-corrected chi connectivity index (χ2v) is 1.12. The van der Waals surface area contributed by atoms with Crippen molar-refractivity contribution in [2.45, 2.75) is 6.92 Å². The van der Waals surface area contributed by atoms with Crippen LogP contribution in [0.3, 0.4) is 0 Å². The molecule has 0 amide bonds. The van der Waals surface area contributed by atoms with E-state index in [0.717, 1.165) is 0 Å². The van der Waals surface area contributed by atoms with Gasteiger partial charge in [-0.15, -0.1) is 0 Å². The number of aliphatic hydroxyl groups is 1. The van der Waals surface area contributed by atoms with Crippen molar-refractivity contribution in [3.8, 4) is 0 Å². The second kappa shape index (κ2) is 3.61. The predicted molar refractivity (Wildman–Crippen MR) is 27.3 cm³/mol. The van der Waals surface area contributed by atoms with Crippen LogP contribution in [0.15, 0.2) is 0 Å². The molecule has 0 aliphatic carbocycles. The van der Waals surface area contributed by atoms with E-state index < -0.39 is 0 Å². The van der Waals surface area contributed by atoms with E-state index in [4.69, 9.17) is 5.11 Å². The molecule has 7 heavy (non-hydrogen) atoms. The topological polar surface area (TPSA) is 46.3 Å². The molecule has 0 fully saturated rings. The molecule has 0 radical (unpaired) electrons. The summed E-state index contributed by atoms with van der Waals surface area (Å²) in [6.45, 7) is 1.73. The van der Waals surface area contributed by atoms with Crippen molar-refractivity contribution < 1.29 is 9.85 Å². The van der Waals surface area contributed by atoms with Crippen LogP contribution in [-0.4, -0.2) is 29.2 Å². The van der Waals surface area contributed by atoms with Gasteiger partial charge in [-0.2, -0.15) is 0 Å². The molecule has 42 valence electrons. The van der Waals surface area contributed by atoms with Crippen LogP contribution in [0.2, 0.25) is 0 Å². The molecule has 0 aliphatic rings. The molecule has 0 rings (SSSR count). The Morgan fingerprint density at radius 1 is 1.86 bits per heavy atom. The van der Waals surface area contributed by atoms with Crippen LogP contribution in [0.4, 0.5) is 0 Å². The van der Waals surface area contributed by atoms with Crippen molar-refractivity contribution in [1.82, 2.24) is 0 Å². The van der Waals surface area contributed by atoms with Gasteiger partial charge < -0.3 is 10.3 Å². The van der Waals surface area contributed by atoms with E-state index in [2.05, 4.69) is 0 Å². The zero-order valence-corrected chi connectivity index (χ0v) is 4.29. The maximum absolute atomic E-state index is 10.1. The third kappa shape index (κ3) is 3.26. The van der Waals surface area contributed by atoms with Gasteiger partial charge in [-0.05, 0) is 0 Å². The van der Waals surface area contributed by atoms with Crippen molar-refractivity contribution in [1.29, 1.82) is 0 Å². The molecule has 0 aromatic rings. The average Bonchev–Trinajstić information content (AvgIpc) is 1.68. The smallest absolute Gasteiger partial charge is 0.175 e. The van der Waals surface area contributed by atoms with Gasteiger partial charge in [0.05, 0.1) is 0 Å². The molecule has 0 saturated heterocycles. The molecule has 3 nitrogen and oxygen atoms in total. The standard InChI is InChI=1S/C4H9NO2/c1-2-5(7)3-4-6/h2,6H,3-4H2,1H3. The van der Waals surface area contributed by atoms with Crippen LogP contribution in [0.25, 0.3) is 0 Å². The van der Waals surface area contributed by atoms with Crippen LogP contribution in [0, 0.1) is 5.21 Å². The number of hydroxylamine groups is 1. The first-order valence-corrected chi connectivity index (χ1v) is 2.15. The second-order valence-electron chi connectivity index (χ2n) is 1.12. The highest BCUT2D eigenvalue weighted by Crippen LogP contribution is 1.63. The summed E-state index contributed by atoms with van der Waals surface area (Å²) in [5, 5.41) is 18.2. The van der Waals surface area contributed by atoms with Gasteiger partial charge in [0.15, 0.2) is 6.54 Å². The fraction of sp³-hybridized carbons (Fsp3) is 0.750. The molecule has 3 heteroatoms. The fourth-order valence-electron chi connectivity index (χ4n) is 0.228. The molecule has 0 atom stereocenters. The minimum Gasteiger partial charge on any atom is -0.624 e. The lowest BCUT2D eigenvalue weighted by Crippen LogP contribution is -2.08. The zero-order valence-electron chi connectivity index (χ0n) is 4.29. The van der Waals surface area contributed by atoms with Crippen molar-refractivity contribution in [3.63, 3.8) is 0 Å². The molecule has 0 heterocycles. The average molecular weight is 103 g/mol. The summed E-state index contributed by atoms with van der Waals surface area (Å²) in [5.74, 6) is 0. The van der Waals surface area contributed by atoms with Crippen molar-refractivity contribution >= 4 is 6.21 Å². The Morgan fingerprint density at radius 2 is 2.43 bits per heavy atom. The Morgan fingerprint density at radius 3 is 2.57 bits per heavy atom. The molecular weight excluding hydrogens is 94.0 g/mol. The molecule has 0 saturated carbocycles. The summed E-state index contributed by atoms with van der Waals surface area (Å²) >= 11 is 0. The van der Waals surface area contributed by atoms with Crippen molar-refractivity contribution in [2.24, 2.45) is 0 Å². The van der Waals surface area contributed by atoms with E-state index in [1.807, 2.05) is 0 Å². The summed E-state index contributed by atoms with van der Waals surface area (Å²) in [7, 11) is 0. The molecule has 1 N–H and O–H groups in total. The van der Waals surface area contributed by atoms with Gasteiger partial charge in [0.1, 0.15) is 12.8 Å². The van der Waals surface area contributed by atoms with Gasteiger partial charge >= 0.3 is 0 Å². The minimum atomic E-state index is -0.0756. The molecule has 0 aliphatic heterocycles. The lowest BCUT2D eigenvalue weighted by atomic mass is 10.7. The molecule has 0 bridgehead atoms. The van der Waals surface area contributed by atoms with E-state index >= 15 is 0 Å². The van der Waals surface area contributed by atoms with Gasteiger partial charge in [0.25, 0.3) is 0 Å². The maximum Gasteiger partial charge on any atom is 0.175 e. The Kier molecular flexibility index (Phi) is 3.32. The molecular formula is C4H9NO2. The lowest BCUT2D eigenvalue weighted by molar-refractivity contribution is -0.456. The van der Waals surface area contributed by atoms with Crippen molar-refractivity contribution in [3.05, 3.63) is 5.21 Å². The molecule has 0 unspecified atom stereocenters. The summed E-state index contributed by atoms with van der Waals surface area (Å²) < 4.78 is 0.681. The normalized spacial score (nSPS) is 12.0. The zero-order chi connectivity index (χ0) is 5.70. The van der Waals surface area contributed by atoms with Gasteiger partial charge in [0, 0.05) is 6.92 Å². The van der Waals surface area contributed by atoms with Crippen LogP contribution in [0.1, 0.15) is 6.92 Å². The van der Waals surface area contributed by atoms with Gasteiger partial charge in [-0.3, -0.25) is 0 Å². The van der Waals surface area contributed by atoms with Gasteiger partial charge in [0.2, 0.25) is 0 Å². The minimum absolute atomic E-state index is 0.0756. The number of nitrogens with zero attached hydrogens (tertiary/aromatic N) is 1. The highest BCUT2D eigenvalue weighted by atomic mass is 16.5. The maximum atomic E-state index is 10.1. The lowest BCUT2D eigenvalue weighted by Gasteiger charge is -1.96. The first-order chi connectivity index (χ1) is 3.31. The Hall–Kier alpha value is -0.570. The molecule has 0 spiro atoms. The summed E-state index contributed by atoms with van der Waals surface area (Å²) in [5.41, 5.74) is 0.